The number of amides is 4. The fourth-order valence-corrected chi connectivity index (χ4v) is 7.77. The minimum Gasteiger partial charge on any atom is -0.486 e. The molecule has 0 bridgehead atoms. The number of fused-ring (bicyclic) bond motifs is 2. The second-order valence-corrected chi connectivity index (χ2v) is 13.7. The number of likely N-dealkylation sites (tertiary alicyclic amines) is 2. The van der Waals surface area contributed by atoms with Crippen molar-refractivity contribution in [3.05, 3.63) is 53.6 Å². The molecule has 0 unspecified atom stereocenters. The molecule has 5 aliphatic rings. The molecule has 3 saturated heterocycles. The zero-order valence-corrected chi connectivity index (χ0v) is 28.0. The maximum Gasteiger partial charge on any atom is 0.410 e. The molecule has 1 atom stereocenters. The molecule has 2 aromatic carbocycles. The van der Waals surface area contributed by atoms with Gasteiger partial charge in [-0.05, 0) is 81.6 Å². The maximum absolute atomic E-state index is 14.1. The predicted octanol–water partition coefficient (Wildman–Crippen LogP) is 3.30. The van der Waals surface area contributed by atoms with Gasteiger partial charge in [-0.2, -0.15) is 0 Å². The Morgan fingerprint density at radius 2 is 1.54 bits per heavy atom. The zero-order chi connectivity index (χ0) is 33.0. The second kappa shape index (κ2) is 14.6. The van der Waals surface area contributed by atoms with Gasteiger partial charge in [0.1, 0.15) is 13.2 Å². The van der Waals surface area contributed by atoms with Gasteiger partial charge in [-0.25, -0.2) is 9.59 Å². The number of carbonyl (C=O) groups is 3. The lowest BCUT2D eigenvalue weighted by Gasteiger charge is -2.42. The highest BCUT2D eigenvalue weighted by atomic mass is 16.6. The highest BCUT2D eigenvalue weighted by Crippen LogP contribution is 2.32. The normalized spacial score (nSPS) is 22.0. The minimum atomic E-state index is -0.956. The van der Waals surface area contributed by atoms with Crippen molar-refractivity contribution in [3.8, 4) is 11.5 Å². The third-order valence-electron chi connectivity index (χ3n) is 10.7. The van der Waals surface area contributed by atoms with Crippen molar-refractivity contribution in [1.82, 2.24) is 24.5 Å². The van der Waals surface area contributed by atoms with E-state index in [1.165, 1.54) is 0 Å². The molecule has 0 saturated carbocycles. The molecule has 0 aromatic heterocycles. The summed E-state index contributed by atoms with van der Waals surface area (Å²) >= 11 is 0. The molecule has 2 aromatic rings. The lowest BCUT2D eigenvalue weighted by molar-refractivity contribution is -0.143. The fraction of sp³-hybridized carbons (Fsp3) is 0.583. The Labute approximate surface area is 282 Å². The molecule has 12 nitrogen and oxygen atoms in total. The summed E-state index contributed by atoms with van der Waals surface area (Å²) in [6.07, 6.45) is 3.21. The van der Waals surface area contributed by atoms with Crippen LogP contribution in [0.25, 0.3) is 0 Å². The zero-order valence-electron chi connectivity index (χ0n) is 28.0. The molecule has 5 aliphatic heterocycles. The second-order valence-electron chi connectivity index (χ2n) is 13.7. The van der Waals surface area contributed by atoms with E-state index < -0.39 is 12.2 Å². The number of nitrogens with zero attached hydrogens (tertiary/aromatic N) is 5. The minimum absolute atomic E-state index is 0.0272. The summed E-state index contributed by atoms with van der Waals surface area (Å²) in [6, 6.07) is 14.1. The van der Waals surface area contributed by atoms with Crippen molar-refractivity contribution in [3.63, 3.8) is 0 Å². The van der Waals surface area contributed by atoms with Gasteiger partial charge in [-0.1, -0.05) is 24.3 Å². The summed E-state index contributed by atoms with van der Waals surface area (Å²) in [7, 11) is 2.17. The topological polar surface area (TPSA) is 107 Å². The number of benzene rings is 2. The van der Waals surface area contributed by atoms with Crippen LogP contribution >= 0.6 is 0 Å². The summed E-state index contributed by atoms with van der Waals surface area (Å²) < 4.78 is 17.6. The Morgan fingerprint density at radius 3 is 2.31 bits per heavy atom. The van der Waals surface area contributed by atoms with Crippen LogP contribution in [-0.4, -0.2) is 140 Å². The number of urea groups is 1. The summed E-state index contributed by atoms with van der Waals surface area (Å²) in [5, 5.41) is 3.06. The van der Waals surface area contributed by atoms with Gasteiger partial charge in [0.25, 0.3) is 5.91 Å². The Hall–Kier alpha value is -4.03. The Kier molecular flexibility index (Phi) is 9.90. The molecule has 0 radical (unpaired) electrons. The van der Waals surface area contributed by atoms with Gasteiger partial charge >= 0.3 is 12.1 Å². The number of rotatable bonds is 6. The first-order valence-corrected chi connectivity index (χ1v) is 17.6. The number of carbonyl (C=O) groups excluding carboxylic acids is 3. The van der Waals surface area contributed by atoms with E-state index in [9.17, 15) is 14.4 Å². The van der Waals surface area contributed by atoms with E-state index in [1.807, 2.05) is 46.2 Å². The summed E-state index contributed by atoms with van der Waals surface area (Å²) in [4.78, 5) is 51.1. The van der Waals surface area contributed by atoms with Crippen LogP contribution in [0.2, 0.25) is 0 Å². The van der Waals surface area contributed by atoms with Gasteiger partial charge in [0.2, 0.25) is 0 Å². The fourth-order valence-electron chi connectivity index (χ4n) is 7.77. The monoisotopic (exact) mass is 660 g/mol. The highest BCUT2D eigenvalue weighted by molar-refractivity contribution is 5.91. The number of piperidine rings is 2. The Bertz CT molecular complexity index is 1460. The van der Waals surface area contributed by atoms with E-state index >= 15 is 0 Å². The van der Waals surface area contributed by atoms with Gasteiger partial charge in [0.15, 0.2) is 17.6 Å². The van der Waals surface area contributed by atoms with Crippen molar-refractivity contribution >= 4 is 23.7 Å². The standard InChI is InChI=1S/C36H48N6O6/c1-38-13-9-28(10-14-38)39-18-20-40(21-19-39)34(43)33(25-26-6-7-31-32(24-26)47-23-22-46-31)48-36(45)41-15-11-29(12-16-41)42-17-8-27-4-2-3-5-30(27)37-35(42)44/h2-7,24,28-29,33H,8-23,25H2,1H3,(H,37,44)/t33-/m1/s1. The smallest absolute Gasteiger partial charge is 0.410 e. The molecule has 0 spiro atoms. The lowest BCUT2D eigenvalue weighted by Crippen LogP contribution is -2.56. The molecule has 258 valence electrons. The number of piperazine rings is 1. The van der Waals surface area contributed by atoms with E-state index in [-0.39, 0.29) is 24.4 Å². The van der Waals surface area contributed by atoms with E-state index in [4.69, 9.17) is 14.2 Å². The number of para-hydroxylation sites is 1. The van der Waals surface area contributed by atoms with Gasteiger partial charge in [0.05, 0.1) is 0 Å². The molecule has 12 heteroatoms. The average Bonchev–Trinajstić information content (AvgIpc) is 3.29. The van der Waals surface area contributed by atoms with Crippen LogP contribution in [-0.2, 0) is 22.4 Å². The maximum atomic E-state index is 14.1. The van der Waals surface area contributed by atoms with Crippen LogP contribution in [0.4, 0.5) is 15.3 Å². The quantitative estimate of drug-likeness (QED) is 0.504. The first kappa shape index (κ1) is 32.5. The van der Waals surface area contributed by atoms with E-state index in [1.54, 1.807) is 4.90 Å². The predicted molar refractivity (Wildman–Crippen MR) is 181 cm³/mol. The molecule has 5 heterocycles. The van der Waals surface area contributed by atoms with Crippen LogP contribution < -0.4 is 14.8 Å². The molecule has 4 amide bonds. The van der Waals surface area contributed by atoms with Crippen LogP contribution in [0.3, 0.4) is 0 Å². The molecular weight excluding hydrogens is 612 g/mol. The third kappa shape index (κ3) is 7.34. The van der Waals surface area contributed by atoms with Crippen LogP contribution in [0, 0.1) is 0 Å². The van der Waals surface area contributed by atoms with Gasteiger partial charge < -0.3 is 39.1 Å². The molecule has 7 rings (SSSR count). The molecule has 3 fully saturated rings. The van der Waals surface area contributed by atoms with Crippen molar-refractivity contribution in [2.75, 3.05) is 84.5 Å². The van der Waals surface area contributed by atoms with Crippen LogP contribution in [0.15, 0.2) is 42.5 Å². The third-order valence-corrected chi connectivity index (χ3v) is 10.7. The average molecular weight is 661 g/mol. The molecule has 0 aliphatic carbocycles. The molecule has 48 heavy (non-hydrogen) atoms. The molecule has 1 N–H and O–H groups in total. The largest absolute Gasteiger partial charge is 0.486 e. The van der Waals surface area contributed by atoms with Gasteiger partial charge in [-0.15, -0.1) is 0 Å². The van der Waals surface area contributed by atoms with Crippen LogP contribution in [0.1, 0.15) is 36.8 Å². The number of ether oxygens (including phenoxy) is 3. The van der Waals surface area contributed by atoms with Crippen LogP contribution in [0.5, 0.6) is 11.5 Å². The molecular formula is C36H48N6O6. The van der Waals surface area contributed by atoms with Gasteiger partial charge in [-0.3, -0.25) is 9.69 Å². The van der Waals surface area contributed by atoms with Crippen molar-refractivity contribution < 1.29 is 28.6 Å². The number of anilines is 1. The Morgan fingerprint density at radius 1 is 0.833 bits per heavy atom. The first-order valence-electron chi connectivity index (χ1n) is 17.6. The highest BCUT2D eigenvalue weighted by Gasteiger charge is 2.36. The number of hydrogen-bond acceptors (Lipinski definition) is 8. The van der Waals surface area contributed by atoms with E-state index in [2.05, 4.69) is 28.2 Å². The lowest BCUT2D eigenvalue weighted by atomic mass is 10.0. The van der Waals surface area contributed by atoms with E-state index in [0.29, 0.717) is 76.3 Å². The number of hydrogen-bond donors (Lipinski definition) is 1. The summed E-state index contributed by atoms with van der Waals surface area (Å²) in [6.45, 7) is 7.62. The SMILES string of the molecule is CN1CCC(N2CCN(C(=O)[C@@H](Cc3ccc4c(c3)OCCO4)OC(=O)N3CCC(N4CCc5ccccc5NC4=O)CC3)CC2)CC1. The van der Waals surface area contributed by atoms with E-state index in [0.717, 1.165) is 62.3 Å². The van der Waals surface area contributed by atoms with Crippen molar-refractivity contribution in [1.29, 1.82) is 0 Å². The Balaban J connectivity index is 0.983. The summed E-state index contributed by atoms with van der Waals surface area (Å²) in [5.41, 5.74) is 2.84. The summed E-state index contributed by atoms with van der Waals surface area (Å²) in [5.74, 6) is 1.17. The van der Waals surface area contributed by atoms with Crippen molar-refractivity contribution in [2.45, 2.75) is 56.7 Å². The first-order chi connectivity index (χ1) is 23.4. The van der Waals surface area contributed by atoms with Crippen molar-refractivity contribution in [2.24, 2.45) is 0 Å². The number of nitrogens with one attached hydrogen (secondary N) is 1. The van der Waals surface area contributed by atoms with Gasteiger partial charge in [0, 0.05) is 70.0 Å².